The SMILES string of the molecule is Nc1ccsc1C(=O)NCC1(O)CCOCC1. The zero-order chi connectivity index (χ0) is 12.3. The second kappa shape index (κ2) is 5.03. The molecule has 0 aromatic carbocycles. The molecule has 0 bridgehead atoms. The van der Waals surface area contributed by atoms with Crippen LogP contribution in [0, 0.1) is 0 Å². The number of ether oxygens (including phenoxy) is 1. The van der Waals surface area contributed by atoms with Gasteiger partial charge in [0.15, 0.2) is 0 Å². The number of nitrogen functional groups attached to an aromatic ring is 1. The second-order valence-electron chi connectivity index (χ2n) is 4.22. The summed E-state index contributed by atoms with van der Waals surface area (Å²) < 4.78 is 5.17. The number of hydrogen-bond donors (Lipinski definition) is 3. The number of rotatable bonds is 3. The molecule has 4 N–H and O–H groups in total. The van der Waals surface area contributed by atoms with Gasteiger partial charge in [-0.2, -0.15) is 0 Å². The molecule has 17 heavy (non-hydrogen) atoms. The number of hydrogen-bond acceptors (Lipinski definition) is 5. The highest BCUT2D eigenvalue weighted by atomic mass is 32.1. The van der Waals surface area contributed by atoms with Crippen molar-refractivity contribution < 1.29 is 14.6 Å². The van der Waals surface area contributed by atoms with Gasteiger partial charge in [-0.05, 0) is 11.4 Å². The van der Waals surface area contributed by atoms with Crippen molar-refractivity contribution in [3.63, 3.8) is 0 Å². The van der Waals surface area contributed by atoms with Crippen LogP contribution in [0.3, 0.4) is 0 Å². The van der Waals surface area contributed by atoms with Gasteiger partial charge in [0, 0.05) is 32.6 Å². The van der Waals surface area contributed by atoms with E-state index in [1.54, 1.807) is 11.4 Å². The summed E-state index contributed by atoms with van der Waals surface area (Å²) in [7, 11) is 0. The first-order chi connectivity index (χ1) is 8.11. The Hall–Kier alpha value is -1.11. The Morgan fingerprint density at radius 1 is 1.59 bits per heavy atom. The van der Waals surface area contributed by atoms with E-state index in [0.29, 0.717) is 36.6 Å². The zero-order valence-electron chi connectivity index (χ0n) is 9.44. The summed E-state index contributed by atoms with van der Waals surface area (Å²) in [5, 5.41) is 14.7. The summed E-state index contributed by atoms with van der Waals surface area (Å²) in [4.78, 5) is 12.3. The molecule has 2 heterocycles. The number of thiophene rings is 1. The Morgan fingerprint density at radius 2 is 2.29 bits per heavy atom. The molecule has 0 unspecified atom stereocenters. The monoisotopic (exact) mass is 256 g/mol. The van der Waals surface area contributed by atoms with Crippen molar-refractivity contribution in [2.24, 2.45) is 0 Å². The zero-order valence-corrected chi connectivity index (χ0v) is 10.3. The van der Waals surface area contributed by atoms with Crippen LogP contribution in [0.25, 0.3) is 0 Å². The fraction of sp³-hybridized carbons (Fsp3) is 0.545. The molecule has 5 nitrogen and oxygen atoms in total. The van der Waals surface area contributed by atoms with Gasteiger partial charge >= 0.3 is 0 Å². The van der Waals surface area contributed by atoms with E-state index in [2.05, 4.69) is 5.32 Å². The van der Waals surface area contributed by atoms with Crippen molar-refractivity contribution in [1.82, 2.24) is 5.32 Å². The predicted octanol–water partition coefficient (Wildman–Crippen LogP) is 0.602. The van der Waals surface area contributed by atoms with Gasteiger partial charge in [-0.1, -0.05) is 0 Å². The van der Waals surface area contributed by atoms with E-state index < -0.39 is 5.60 Å². The first-order valence-electron chi connectivity index (χ1n) is 5.52. The number of anilines is 1. The molecule has 0 aliphatic carbocycles. The number of carbonyl (C=O) groups is 1. The van der Waals surface area contributed by atoms with E-state index in [1.807, 2.05) is 0 Å². The lowest BCUT2D eigenvalue weighted by Gasteiger charge is -2.31. The van der Waals surface area contributed by atoms with Gasteiger partial charge in [-0.25, -0.2) is 0 Å². The van der Waals surface area contributed by atoms with Gasteiger partial charge in [-0.3, -0.25) is 4.79 Å². The Bertz CT molecular complexity index is 399. The number of carbonyl (C=O) groups excluding carboxylic acids is 1. The van der Waals surface area contributed by atoms with Gasteiger partial charge in [0.25, 0.3) is 5.91 Å². The molecule has 6 heteroatoms. The fourth-order valence-corrected chi connectivity index (χ4v) is 2.49. The lowest BCUT2D eigenvalue weighted by atomic mass is 9.94. The third kappa shape index (κ3) is 2.96. The maximum Gasteiger partial charge on any atom is 0.263 e. The molecule has 1 fully saturated rings. The topological polar surface area (TPSA) is 84.6 Å². The summed E-state index contributed by atoms with van der Waals surface area (Å²) in [6.07, 6.45) is 1.10. The molecule has 1 aromatic rings. The summed E-state index contributed by atoms with van der Waals surface area (Å²) in [6, 6.07) is 1.70. The van der Waals surface area contributed by atoms with Gasteiger partial charge in [0.1, 0.15) is 4.88 Å². The van der Waals surface area contributed by atoms with E-state index in [9.17, 15) is 9.90 Å². The maximum atomic E-state index is 11.8. The molecule has 0 saturated carbocycles. The van der Waals surface area contributed by atoms with Crippen LogP contribution in [0.1, 0.15) is 22.5 Å². The summed E-state index contributed by atoms with van der Waals surface area (Å²) in [5.74, 6) is -0.225. The highest BCUT2D eigenvalue weighted by Gasteiger charge is 2.30. The summed E-state index contributed by atoms with van der Waals surface area (Å²) in [6.45, 7) is 1.31. The average molecular weight is 256 g/mol. The van der Waals surface area contributed by atoms with Crippen LogP contribution in [-0.2, 0) is 4.74 Å². The highest BCUT2D eigenvalue weighted by molar-refractivity contribution is 7.12. The van der Waals surface area contributed by atoms with Gasteiger partial charge in [-0.15, -0.1) is 11.3 Å². The molecule has 0 radical (unpaired) electrons. The third-order valence-electron chi connectivity index (χ3n) is 2.90. The number of amides is 1. The molecular formula is C11H16N2O3S. The highest BCUT2D eigenvalue weighted by Crippen LogP contribution is 2.21. The molecule has 1 aliphatic heterocycles. The van der Waals surface area contributed by atoms with Gasteiger partial charge in [0.05, 0.1) is 11.3 Å². The van der Waals surface area contributed by atoms with Crippen LogP contribution in [0.5, 0.6) is 0 Å². The summed E-state index contributed by atoms with van der Waals surface area (Å²) >= 11 is 1.30. The van der Waals surface area contributed by atoms with Crippen LogP contribution < -0.4 is 11.1 Å². The molecule has 0 spiro atoms. The summed E-state index contributed by atoms with van der Waals surface area (Å²) in [5.41, 5.74) is 5.28. The van der Waals surface area contributed by atoms with Gasteiger partial charge in [0.2, 0.25) is 0 Å². The Morgan fingerprint density at radius 3 is 2.88 bits per heavy atom. The third-order valence-corrected chi connectivity index (χ3v) is 3.83. The molecule has 1 aliphatic rings. The molecule has 1 amide bonds. The van der Waals surface area contributed by atoms with E-state index in [4.69, 9.17) is 10.5 Å². The van der Waals surface area contributed by atoms with Crippen molar-refractivity contribution in [2.45, 2.75) is 18.4 Å². The minimum absolute atomic E-state index is 0.225. The Kier molecular flexibility index (Phi) is 3.66. The van der Waals surface area contributed by atoms with Crippen molar-refractivity contribution in [3.8, 4) is 0 Å². The van der Waals surface area contributed by atoms with Gasteiger partial charge < -0.3 is 20.9 Å². The number of nitrogens with two attached hydrogens (primary N) is 1. The van der Waals surface area contributed by atoms with E-state index in [-0.39, 0.29) is 12.5 Å². The minimum atomic E-state index is -0.847. The van der Waals surface area contributed by atoms with E-state index in [0.717, 1.165) is 0 Å². The van der Waals surface area contributed by atoms with Crippen LogP contribution in [-0.4, -0.2) is 36.4 Å². The first-order valence-corrected chi connectivity index (χ1v) is 6.40. The Balaban J connectivity index is 1.90. The van der Waals surface area contributed by atoms with Crippen LogP contribution in [0.2, 0.25) is 0 Å². The second-order valence-corrected chi connectivity index (χ2v) is 5.14. The van der Waals surface area contributed by atoms with Crippen LogP contribution in [0.15, 0.2) is 11.4 Å². The maximum absolute atomic E-state index is 11.8. The largest absolute Gasteiger partial charge is 0.397 e. The predicted molar refractivity (Wildman–Crippen MR) is 66.1 cm³/mol. The number of nitrogens with one attached hydrogen (secondary N) is 1. The molecule has 94 valence electrons. The minimum Gasteiger partial charge on any atom is -0.397 e. The fourth-order valence-electron chi connectivity index (χ4n) is 1.76. The van der Waals surface area contributed by atoms with E-state index in [1.165, 1.54) is 11.3 Å². The molecule has 0 atom stereocenters. The van der Waals surface area contributed by atoms with Crippen molar-refractivity contribution in [1.29, 1.82) is 0 Å². The lowest BCUT2D eigenvalue weighted by molar-refractivity contribution is -0.0605. The van der Waals surface area contributed by atoms with Crippen LogP contribution in [0.4, 0.5) is 5.69 Å². The quantitative estimate of drug-likeness (QED) is 0.739. The standard InChI is InChI=1S/C11H16N2O3S/c12-8-1-6-17-9(8)10(14)13-7-11(15)2-4-16-5-3-11/h1,6,15H,2-5,7,12H2,(H,13,14). The molecule has 1 saturated heterocycles. The van der Waals surface area contributed by atoms with E-state index >= 15 is 0 Å². The Labute approximate surface area is 104 Å². The normalized spacial score (nSPS) is 18.9. The van der Waals surface area contributed by atoms with Crippen molar-refractivity contribution in [2.75, 3.05) is 25.5 Å². The van der Waals surface area contributed by atoms with Crippen molar-refractivity contribution in [3.05, 3.63) is 16.3 Å². The lowest BCUT2D eigenvalue weighted by Crippen LogP contribution is -2.46. The first kappa shape index (κ1) is 12.3. The van der Waals surface area contributed by atoms with Crippen molar-refractivity contribution >= 4 is 22.9 Å². The molecule has 1 aromatic heterocycles. The van der Waals surface area contributed by atoms with Crippen LogP contribution >= 0.6 is 11.3 Å². The molecular weight excluding hydrogens is 240 g/mol. The number of aliphatic hydroxyl groups is 1. The smallest absolute Gasteiger partial charge is 0.263 e. The molecule has 2 rings (SSSR count). The average Bonchev–Trinajstić information content (AvgIpc) is 2.74.